The number of rotatable bonds is 5. The molecule has 1 fully saturated rings. The zero-order chi connectivity index (χ0) is 18.5. The summed E-state index contributed by atoms with van der Waals surface area (Å²) in [6, 6.07) is 12.0. The molecule has 1 aromatic carbocycles. The van der Waals surface area contributed by atoms with Crippen LogP contribution in [0.5, 0.6) is 0 Å². The molecule has 1 amide bonds. The third-order valence-electron chi connectivity index (χ3n) is 4.73. The molecule has 1 aromatic heterocycles. The molecule has 26 heavy (non-hydrogen) atoms. The van der Waals surface area contributed by atoms with E-state index in [-0.39, 0.29) is 5.91 Å². The minimum absolute atomic E-state index is 0.000569. The summed E-state index contributed by atoms with van der Waals surface area (Å²) in [4.78, 5) is 28.3. The summed E-state index contributed by atoms with van der Waals surface area (Å²) in [5, 5.41) is 0. The maximum absolute atomic E-state index is 12.9. The largest absolute Gasteiger partial charge is 0.337 e. The van der Waals surface area contributed by atoms with Gasteiger partial charge in [-0.3, -0.25) is 4.79 Å². The average molecular weight is 353 g/mol. The molecule has 0 unspecified atom stereocenters. The van der Waals surface area contributed by atoms with Crippen molar-refractivity contribution in [2.45, 2.75) is 20.4 Å². The second kappa shape index (κ2) is 8.27. The number of carbonyl (C=O) groups excluding carboxylic acids is 1. The first kappa shape index (κ1) is 18.3. The molecule has 6 nitrogen and oxygen atoms in total. The first-order valence-electron chi connectivity index (χ1n) is 9.19. The Hall–Kier alpha value is -2.47. The number of nitrogens with zero attached hydrogens (tertiary/aromatic N) is 5. The van der Waals surface area contributed by atoms with Gasteiger partial charge in [-0.15, -0.1) is 0 Å². The Balaban J connectivity index is 1.81. The van der Waals surface area contributed by atoms with Crippen molar-refractivity contribution < 1.29 is 4.79 Å². The molecule has 0 radical (unpaired) electrons. The second-order valence-corrected chi connectivity index (χ2v) is 6.79. The molecule has 0 N–H and O–H groups in total. The van der Waals surface area contributed by atoms with E-state index in [1.807, 2.05) is 30.0 Å². The molecule has 0 spiro atoms. The van der Waals surface area contributed by atoms with E-state index in [1.165, 1.54) is 5.56 Å². The van der Waals surface area contributed by atoms with Crippen LogP contribution < -0.4 is 4.90 Å². The van der Waals surface area contributed by atoms with E-state index >= 15 is 0 Å². The standard InChI is InChI=1S/C20H27N5O/c1-4-24(15-17-8-6-5-7-9-17)20-21-16(2)14-18(22-20)19(26)25-12-10-23(3)11-13-25/h5-9,14H,4,10-13,15H2,1-3H3. The van der Waals surface area contributed by atoms with Crippen LogP contribution in [0, 0.1) is 6.92 Å². The van der Waals surface area contributed by atoms with Gasteiger partial charge in [0, 0.05) is 45.0 Å². The first-order valence-corrected chi connectivity index (χ1v) is 9.19. The second-order valence-electron chi connectivity index (χ2n) is 6.79. The van der Waals surface area contributed by atoms with Crippen molar-refractivity contribution >= 4 is 11.9 Å². The van der Waals surface area contributed by atoms with E-state index < -0.39 is 0 Å². The number of hydrogen-bond donors (Lipinski definition) is 0. The van der Waals surface area contributed by atoms with Crippen LogP contribution in [-0.2, 0) is 6.54 Å². The topological polar surface area (TPSA) is 52.6 Å². The summed E-state index contributed by atoms with van der Waals surface area (Å²) >= 11 is 0. The van der Waals surface area contributed by atoms with E-state index in [2.05, 4.69) is 45.9 Å². The van der Waals surface area contributed by atoms with Crippen LogP contribution in [0.25, 0.3) is 0 Å². The van der Waals surface area contributed by atoms with E-state index in [1.54, 1.807) is 6.07 Å². The van der Waals surface area contributed by atoms with Crippen molar-refractivity contribution in [2.24, 2.45) is 0 Å². The van der Waals surface area contributed by atoms with Crippen molar-refractivity contribution in [3.05, 3.63) is 53.3 Å². The van der Waals surface area contributed by atoms with Crippen molar-refractivity contribution in [2.75, 3.05) is 44.7 Å². The van der Waals surface area contributed by atoms with Crippen LogP contribution in [-0.4, -0.2) is 65.4 Å². The molecule has 0 bridgehead atoms. The molecule has 6 heteroatoms. The van der Waals surface area contributed by atoms with Gasteiger partial charge in [0.15, 0.2) is 0 Å². The molecular formula is C20H27N5O. The van der Waals surface area contributed by atoms with Gasteiger partial charge in [-0.05, 0) is 32.5 Å². The molecule has 0 saturated carbocycles. The zero-order valence-electron chi connectivity index (χ0n) is 15.9. The van der Waals surface area contributed by atoms with Crippen LogP contribution in [0.15, 0.2) is 36.4 Å². The van der Waals surface area contributed by atoms with Gasteiger partial charge in [0.1, 0.15) is 5.69 Å². The molecule has 0 atom stereocenters. The molecule has 2 heterocycles. The maximum Gasteiger partial charge on any atom is 0.272 e. The monoisotopic (exact) mass is 353 g/mol. The van der Waals surface area contributed by atoms with Gasteiger partial charge in [0.05, 0.1) is 0 Å². The van der Waals surface area contributed by atoms with Gasteiger partial charge in [-0.1, -0.05) is 30.3 Å². The van der Waals surface area contributed by atoms with E-state index in [9.17, 15) is 4.79 Å². The Morgan fingerprint density at radius 2 is 1.81 bits per heavy atom. The summed E-state index contributed by atoms with van der Waals surface area (Å²) < 4.78 is 0. The highest BCUT2D eigenvalue weighted by molar-refractivity contribution is 5.92. The van der Waals surface area contributed by atoms with Gasteiger partial charge in [-0.2, -0.15) is 0 Å². The number of aromatic nitrogens is 2. The van der Waals surface area contributed by atoms with Crippen LogP contribution in [0.4, 0.5) is 5.95 Å². The summed E-state index contributed by atoms with van der Waals surface area (Å²) in [6.45, 7) is 8.79. The van der Waals surface area contributed by atoms with Gasteiger partial charge in [-0.25, -0.2) is 9.97 Å². The van der Waals surface area contributed by atoms with Gasteiger partial charge >= 0.3 is 0 Å². The lowest BCUT2D eigenvalue weighted by Gasteiger charge is -2.32. The number of anilines is 1. The van der Waals surface area contributed by atoms with Gasteiger partial charge in [0.25, 0.3) is 5.91 Å². The Bertz CT molecular complexity index is 741. The number of likely N-dealkylation sites (N-methyl/N-ethyl adjacent to an activating group) is 1. The molecule has 1 saturated heterocycles. The predicted molar refractivity (Wildman–Crippen MR) is 103 cm³/mol. The highest BCUT2D eigenvalue weighted by Crippen LogP contribution is 2.16. The van der Waals surface area contributed by atoms with Crippen LogP contribution >= 0.6 is 0 Å². The first-order chi connectivity index (χ1) is 12.6. The number of aryl methyl sites for hydroxylation is 1. The Labute approximate surface area is 155 Å². The van der Waals surface area contributed by atoms with Crippen molar-refractivity contribution in [1.29, 1.82) is 0 Å². The lowest BCUT2D eigenvalue weighted by Crippen LogP contribution is -2.47. The summed E-state index contributed by atoms with van der Waals surface area (Å²) in [6.07, 6.45) is 0. The van der Waals surface area contributed by atoms with Crippen LogP contribution in [0.3, 0.4) is 0 Å². The third-order valence-corrected chi connectivity index (χ3v) is 4.73. The molecule has 1 aliphatic rings. The number of amides is 1. The number of hydrogen-bond acceptors (Lipinski definition) is 5. The van der Waals surface area contributed by atoms with Crippen molar-refractivity contribution in [3.8, 4) is 0 Å². The fourth-order valence-electron chi connectivity index (χ4n) is 3.10. The van der Waals surface area contributed by atoms with Crippen molar-refractivity contribution in [1.82, 2.24) is 19.8 Å². The lowest BCUT2D eigenvalue weighted by atomic mass is 10.2. The lowest BCUT2D eigenvalue weighted by molar-refractivity contribution is 0.0658. The van der Waals surface area contributed by atoms with Gasteiger partial charge in [0.2, 0.25) is 5.95 Å². The Morgan fingerprint density at radius 1 is 1.12 bits per heavy atom. The SMILES string of the molecule is CCN(Cc1ccccc1)c1nc(C)cc(C(=O)N2CCN(C)CC2)n1. The molecule has 3 rings (SSSR count). The molecule has 138 valence electrons. The smallest absolute Gasteiger partial charge is 0.272 e. The Morgan fingerprint density at radius 3 is 2.46 bits per heavy atom. The highest BCUT2D eigenvalue weighted by atomic mass is 16.2. The Kier molecular flexibility index (Phi) is 5.83. The van der Waals surface area contributed by atoms with E-state index in [0.29, 0.717) is 11.6 Å². The fourth-order valence-corrected chi connectivity index (χ4v) is 3.10. The molecule has 1 aliphatic heterocycles. The zero-order valence-corrected chi connectivity index (χ0v) is 15.9. The summed E-state index contributed by atoms with van der Waals surface area (Å²) in [7, 11) is 2.08. The number of piperazine rings is 1. The molecule has 2 aromatic rings. The molecular weight excluding hydrogens is 326 g/mol. The minimum Gasteiger partial charge on any atom is -0.337 e. The predicted octanol–water partition coefficient (Wildman–Crippen LogP) is 2.20. The quantitative estimate of drug-likeness (QED) is 0.825. The fraction of sp³-hybridized carbons (Fsp3) is 0.450. The normalized spacial score (nSPS) is 15.1. The summed E-state index contributed by atoms with van der Waals surface area (Å²) in [5.41, 5.74) is 2.51. The van der Waals surface area contributed by atoms with Crippen LogP contribution in [0.2, 0.25) is 0 Å². The highest BCUT2D eigenvalue weighted by Gasteiger charge is 2.23. The van der Waals surface area contributed by atoms with Crippen LogP contribution in [0.1, 0.15) is 28.7 Å². The average Bonchev–Trinajstić information content (AvgIpc) is 2.66. The maximum atomic E-state index is 12.9. The van der Waals surface area contributed by atoms with E-state index in [0.717, 1.165) is 45.0 Å². The minimum atomic E-state index is 0.000569. The third kappa shape index (κ3) is 4.38. The number of carbonyl (C=O) groups is 1. The van der Waals surface area contributed by atoms with Crippen molar-refractivity contribution in [3.63, 3.8) is 0 Å². The summed E-state index contributed by atoms with van der Waals surface area (Å²) in [5.74, 6) is 0.620. The van der Waals surface area contributed by atoms with Gasteiger partial charge < -0.3 is 14.7 Å². The molecule has 0 aliphatic carbocycles. The number of benzene rings is 1. The van der Waals surface area contributed by atoms with E-state index in [4.69, 9.17) is 0 Å².